The summed E-state index contributed by atoms with van der Waals surface area (Å²) >= 11 is 0. The maximum absolute atomic E-state index is 13.6. The highest BCUT2D eigenvalue weighted by Crippen LogP contribution is 2.59. The number of nitrogens with one attached hydrogen (secondary N) is 1. The summed E-state index contributed by atoms with van der Waals surface area (Å²) < 4.78 is 33.5. The predicted molar refractivity (Wildman–Crippen MR) is 184 cm³/mol. The van der Waals surface area contributed by atoms with Crippen molar-refractivity contribution in [2.75, 3.05) is 6.61 Å². The third-order valence-electron chi connectivity index (χ3n) is 9.45. The average Bonchev–Trinajstić information content (AvgIpc) is 3.67. The molecule has 0 bridgehead atoms. The Labute approximate surface area is 272 Å². The van der Waals surface area contributed by atoms with Gasteiger partial charge in [0, 0.05) is 13.0 Å². The lowest BCUT2D eigenvalue weighted by Crippen LogP contribution is -2.34. The van der Waals surface area contributed by atoms with Crippen molar-refractivity contribution < 1.29 is 23.5 Å². The fourth-order valence-electron chi connectivity index (χ4n) is 6.98. The molecular formula is C36H41N4O6P. The van der Waals surface area contributed by atoms with Crippen molar-refractivity contribution in [3.05, 3.63) is 83.2 Å². The molecule has 11 heteroatoms. The maximum atomic E-state index is 13.6. The first-order chi connectivity index (χ1) is 22.4. The van der Waals surface area contributed by atoms with Crippen LogP contribution in [-0.2, 0) is 25.0 Å². The molecule has 10 nitrogen and oxygen atoms in total. The van der Waals surface area contributed by atoms with Gasteiger partial charge in [0.15, 0.2) is 16.5 Å². The zero-order valence-electron chi connectivity index (χ0n) is 27.2. The van der Waals surface area contributed by atoms with Crippen molar-refractivity contribution in [2.24, 2.45) is 0 Å². The van der Waals surface area contributed by atoms with Crippen molar-refractivity contribution in [2.45, 2.75) is 89.5 Å². The molecule has 0 aliphatic carbocycles. The molecule has 1 aliphatic rings. The average molecular weight is 657 g/mol. The third kappa shape index (κ3) is 6.09. The second kappa shape index (κ2) is 12.1. The van der Waals surface area contributed by atoms with Gasteiger partial charge in [-0.2, -0.15) is 0 Å². The van der Waals surface area contributed by atoms with E-state index < -0.39 is 18.5 Å². The van der Waals surface area contributed by atoms with E-state index in [4.69, 9.17) is 14.0 Å². The molecule has 2 N–H and O–H groups in total. The number of ether oxygens (including phenoxy) is 2. The fraction of sp³-hybridized carbons (Fsp3) is 0.417. The first-order valence-corrected chi connectivity index (χ1v) is 17.9. The molecule has 2 aromatic heterocycles. The van der Waals surface area contributed by atoms with E-state index >= 15 is 0 Å². The molecule has 246 valence electrons. The largest absolute Gasteiger partial charge is 0.363 e. The molecule has 3 heterocycles. The number of benzene rings is 4. The Morgan fingerprint density at radius 3 is 2.49 bits per heavy atom. The van der Waals surface area contributed by atoms with Gasteiger partial charge in [-0.15, -0.1) is 0 Å². The molecule has 0 saturated carbocycles. The number of aromatic nitrogens is 4. The molecular weight excluding hydrogens is 615 g/mol. The van der Waals surface area contributed by atoms with Gasteiger partial charge in [0.05, 0.1) is 24.4 Å². The highest BCUT2D eigenvalue weighted by atomic mass is 31.2. The highest BCUT2D eigenvalue weighted by molar-refractivity contribution is 7.54. The molecule has 7 rings (SSSR count). The Morgan fingerprint density at radius 1 is 0.979 bits per heavy atom. The zero-order chi connectivity index (χ0) is 33.0. The molecule has 0 amide bonds. The number of hydrogen-bond acceptors (Lipinski definition) is 7. The number of nitrogens with zero attached hydrogens (tertiary/aromatic N) is 3. The Morgan fingerprint density at radius 2 is 1.70 bits per heavy atom. The van der Waals surface area contributed by atoms with Gasteiger partial charge >= 0.3 is 7.60 Å². The summed E-state index contributed by atoms with van der Waals surface area (Å²) in [5, 5.41) is 6.30. The summed E-state index contributed by atoms with van der Waals surface area (Å²) in [6.07, 6.45) is 6.72. The minimum absolute atomic E-state index is 0.210. The first kappa shape index (κ1) is 31.9. The zero-order valence-corrected chi connectivity index (χ0v) is 28.1. The van der Waals surface area contributed by atoms with Crippen LogP contribution >= 0.6 is 7.60 Å². The van der Waals surface area contributed by atoms with Crippen molar-refractivity contribution in [1.82, 2.24) is 19.5 Å². The molecule has 3 atom stereocenters. The maximum Gasteiger partial charge on any atom is 0.359 e. The lowest BCUT2D eigenvalue weighted by atomic mass is 9.91. The summed E-state index contributed by atoms with van der Waals surface area (Å²) in [5.41, 5.74) is 0.774. The van der Waals surface area contributed by atoms with Crippen molar-refractivity contribution in [1.29, 1.82) is 0 Å². The van der Waals surface area contributed by atoms with Gasteiger partial charge in [-0.1, -0.05) is 54.6 Å². The molecule has 1 aliphatic heterocycles. The van der Waals surface area contributed by atoms with Gasteiger partial charge < -0.3 is 23.9 Å². The van der Waals surface area contributed by atoms with Crippen LogP contribution in [0.5, 0.6) is 0 Å². The molecule has 47 heavy (non-hydrogen) atoms. The predicted octanol–water partition coefficient (Wildman–Crippen LogP) is 7.84. The number of fused-ring (bicyclic) bond motifs is 1. The van der Waals surface area contributed by atoms with Crippen LogP contribution in [0.2, 0.25) is 0 Å². The van der Waals surface area contributed by atoms with Crippen LogP contribution in [0.15, 0.2) is 72.0 Å². The van der Waals surface area contributed by atoms with Crippen molar-refractivity contribution in [3.63, 3.8) is 0 Å². The van der Waals surface area contributed by atoms with Crippen LogP contribution < -0.4 is 5.56 Å². The summed E-state index contributed by atoms with van der Waals surface area (Å²) in [5.74, 6) is 0. The smallest absolute Gasteiger partial charge is 0.359 e. The minimum atomic E-state index is -4.19. The molecule has 4 aromatic carbocycles. The van der Waals surface area contributed by atoms with Gasteiger partial charge in [-0.3, -0.25) is 13.9 Å². The first-order valence-electron chi connectivity index (χ1n) is 16.3. The number of aryl methyl sites for hydroxylation is 1. The van der Waals surface area contributed by atoms with Crippen molar-refractivity contribution >= 4 is 51.1 Å². The van der Waals surface area contributed by atoms with Gasteiger partial charge in [0.2, 0.25) is 0 Å². The Balaban J connectivity index is 0.927. The van der Waals surface area contributed by atoms with Gasteiger partial charge in [-0.25, -0.2) is 9.97 Å². The van der Waals surface area contributed by atoms with E-state index in [9.17, 15) is 14.3 Å². The van der Waals surface area contributed by atoms with E-state index in [0.717, 1.165) is 25.7 Å². The Kier molecular flexibility index (Phi) is 8.21. The quantitative estimate of drug-likeness (QED) is 0.0775. The van der Waals surface area contributed by atoms with E-state index in [2.05, 4.69) is 69.5 Å². The van der Waals surface area contributed by atoms with Crippen molar-refractivity contribution in [3.8, 4) is 0 Å². The molecule has 1 fully saturated rings. The van der Waals surface area contributed by atoms with E-state index in [-0.39, 0.29) is 23.4 Å². The van der Waals surface area contributed by atoms with Crippen LogP contribution in [0, 0.1) is 0 Å². The SMILES string of the molecule is CC(C)(C[C@@H]1CC[C@H](n2cnc3c(=O)[nH]cnc32)O1)OP(=O)(O)C(C)(C)OCCCCc1ccc2ccc3cccc4ccc1c2c34. The number of aromatic amines is 1. The summed E-state index contributed by atoms with van der Waals surface area (Å²) in [4.78, 5) is 34.1. The number of imidazole rings is 1. The lowest BCUT2D eigenvalue weighted by molar-refractivity contribution is -0.0456. The van der Waals surface area contributed by atoms with Gasteiger partial charge in [-0.05, 0) is 97.7 Å². The topological polar surface area (TPSA) is 129 Å². The molecule has 0 spiro atoms. The summed E-state index contributed by atoms with van der Waals surface area (Å²) in [7, 11) is -4.19. The number of rotatable bonds is 12. The summed E-state index contributed by atoms with van der Waals surface area (Å²) in [6.45, 7) is 7.17. The number of H-pyrrole nitrogens is 1. The molecule has 1 saturated heterocycles. The molecule has 1 unspecified atom stereocenters. The molecule has 6 aromatic rings. The van der Waals surface area contributed by atoms with E-state index in [1.165, 1.54) is 44.2 Å². The van der Waals surface area contributed by atoms with Crippen LogP contribution in [0.25, 0.3) is 43.5 Å². The second-order valence-electron chi connectivity index (χ2n) is 13.8. The fourth-order valence-corrected chi connectivity index (χ4v) is 8.20. The summed E-state index contributed by atoms with van der Waals surface area (Å²) in [6, 6.07) is 19.7. The monoisotopic (exact) mass is 656 g/mol. The van der Waals surface area contributed by atoms with Crippen LogP contribution in [-0.4, -0.2) is 48.1 Å². The van der Waals surface area contributed by atoms with Gasteiger partial charge in [0.25, 0.3) is 5.56 Å². The van der Waals surface area contributed by atoms with E-state index in [1.807, 2.05) is 0 Å². The second-order valence-corrected chi connectivity index (χ2v) is 16.1. The van der Waals surface area contributed by atoms with Crippen LogP contribution in [0.3, 0.4) is 0 Å². The highest BCUT2D eigenvalue weighted by Gasteiger charge is 2.46. The van der Waals surface area contributed by atoms with Crippen LogP contribution in [0.4, 0.5) is 0 Å². The van der Waals surface area contributed by atoms with E-state index in [0.29, 0.717) is 25.1 Å². The Bertz CT molecular complexity index is 2160. The minimum Gasteiger partial charge on any atom is -0.363 e. The third-order valence-corrected chi connectivity index (χ3v) is 11.7. The standard InChI is InChI=1S/C36H41N4O6P/c1-35(2,20-27-16-18-29(45-27)40-22-39-32-33(40)37-21-38-34(32)41)46-47(42,43)36(3,4)44-19-6-5-8-23-11-12-26-14-13-24-9-7-10-25-15-17-28(23)31(26)30(24)25/h7,9-15,17,21-22,27,29H,5-6,8,16,18-20H2,1-4H3,(H,42,43)(H,37,38,41)/t27-,29+/m0/s1. The number of hydrogen-bond donors (Lipinski definition) is 2. The lowest BCUT2D eigenvalue weighted by Gasteiger charge is -2.36. The van der Waals surface area contributed by atoms with Gasteiger partial charge in [0.1, 0.15) is 6.23 Å². The molecule has 0 radical (unpaired) electrons. The van der Waals surface area contributed by atoms with E-state index in [1.54, 1.807) is 38.6 Å². The number of unbranched alkanes of at least 4 members (excludes halogenated alkanes) is 1. The van der Waals surface area contributed by atoms with Crippen LogP contribution in [0.1, 0.15) is 71.6 Å². The normalized spacial score (nSPS) is 19.0. The Hall–Kier alpha value is -3.66.